The SMILES string of the molecule is O=C(O)C1CSCN1C(=O)NCC(=O)N1CCCC1. The van der Waals surface area contributed by atoms with Crippen LogP contribution in [0.1, 0.15) is 12.8 Å². The van der Waals surface area contributed by atoms with Crippen LogP contribution < -0.4 is 5.32 Å². The Balaban J connectivity index is 1.80. The number of hydrogen-bond donors (Lipinski definition) is 2. The van der Waals surface area contributed by atoms with Gasteiger partial charge in [-0.15, -0.1) is 11.8 Å². The zero-order valence-corrected chi connectivity index (χ0v) is 11.3. The van der Waals surface area contributed by atoms with E-state index in [9.17, 15) is 14.4 Å². The molecule has 2 aliphatic rings. The lowest BCUT2D eigenvalue weighted by molar-refractivity contribution is -0.140. The summed E-state index contributed by atoms with van der Waals surface area (Å²) in [6, 6.07) is -1.28. The molecule has 0 aliphatic carbocycles. The Hall–Kier alpha value is -1.44. The van der Waals surface area contributed by atoms with Crippen molar-refractivity contribution in [3.05, 3.63) is 0 Å². The highest BCUT2D eigenvalue weighted by Crippen LogP contribution is 2.20. The summed E-state index contributed by atoms with van der Waals surface area (Å²) < 4.78 is 0. The Morgan fingerprint density at radius 3 is 2.58 bits per heavy atom. The fraction of sp³-hybridized carbons (Fsp3) is 0.727. The molecule has 0 aromatic rings. The number of carbonyl (C=O) groups is 3. The van der Waals surface area contributed by atoms with Crippen molar-refractivity contribution in [1.82, 2.24) is 15.1 Å². The normalized spacial score (nSPS) is 22.6. The van der Waals surface area contributed by atoms with Gasteiger partial charge in [0.25, 0.3) is 0 Å². The number of thioether (sulfide) groups is 1. The number of hydrogen-bond acceptors (Lipinski definition) is 4. The number of urea groups is 1. The number of amides is 3. The van der Waals surface area contributed by atoms with Crippen molar-refractivity contribution >= 4 is 29.7 Å². The minimum atomic E-state index is -1.01. The maximum Gasteiger partial charge on any atom is 0.327 e. The van der Waals surface area contributed by atoms with E-state index in [2.05, 4.69) is 5.32 Å². The molecular weight excluding hydrogens is 270 g/mol. The average molecular weight is 287 g/mol. The first kappa shape index (κ1) is 14.0. The Morgan fingerprint density at radius 2 is 1.95 bits per heavy atom. The predicted molar refractivity (Wildman–Crippen MR) is 69.8 cm³/mol. The van der Waals surface area contributed by atoms with E-state index in [1.807, 2.05) is 0 Å². The van der Waals surface area contributed by atoms with E-state index < -0.39 is 18.0 Å². The Morgan fingerprint density at radius 1 is 1.26 bits per heavy atom. The lowest BCUT2D eigenvalue weighted by Crippen LogP contribution is -2.49. The van der Waals surface area contributed by atoms with Crippen LogP contribution in [0.25, 0.3) is 0 Å². The zero-order valence-electron chi connectivity index (χ0n) is 10.5. The molecule has 2 aliphatic heterocycles. The number of nitrogens with one attached hydrogen (secondary N) is 1. The molecule has 0 spiro atoms. The van der Waals surface area contributed by atoms with E-state index in [-0.39, 0.29) is 12.5 Å². The van der Waals surface area contributed by atoms with E-state index in [1.165, 1.54) is 16.7 Å². The summed E-state index contributed by atoms with van der Waals surface area (Å²) in [6.07, 6.45) is 2.01. The first-order chi connectivity index (χ1) is 9.09. The molecule has 1 atom stereocenters. The number of carbonyl (C=O) groups excluding carboxylic acids is 2. The monoisotopic (exact) mass is 287 g/mol. The molecule has 2 rings (SSSR count). The topological polar surface area (TPSA) is 90.0 Å². The summed E-state index contributed by atoms with van der Waals surface area (Å²) >= 11 is 1.40. The minimum absolute atomic E-state index is 0.0632. The molecule has 0 radical (unpaired) electrons. The van der Waals surface area contributed by atoms with Crippen LogP contribution in [0.5, 0.6) is 0 Å². The van der Waals surface area contributed by atoms with Gasteiger partial charge in [-0.2, -0.15) is 0 Å². The molecular formula is C11H17N3O4S. The molecule has 1 unspecified atom stereocenters. The van der Waals surface area contributed by atoms with Crippen LogP contribution in [-0.4, -0.2) is 70.1 Å². The molecule has 8 heteroatoms. The summed E-state index contributed by atoms with van der Waals surface area (Å²) in [5, 5.41) is 11.5. The average Bonchev–Trinajstić information content (AvgIpc) is 3.04. The van der Waals surface area contributed by atoms with Crippen molar-refractivity contribution in [3.8, 4) is 0 Å². The third-order valence-electron chi connectivity index (χ3n) is 3.28. The van der Waals surface area contributed by atoms with Gasteiger partial charge in [0.15, 0.2) is 0 Å². The van der Waals surface area contributed by atoms with Gasteiger partial charge < -0.3 is 20.2 Å². The van der Waals surface area contributed by atoms with E-state index >= 15 is 0 Å². The van der Waals surface area contributed by atoms with Crippen molar-refractivity contribution in [2.45, 2.75) is 18.9 Å². The second-order valence-corrected chi connectivity index (χ2v) is 5.57. The van der Waals surface area contributed by atoms with Gasteiger partial charge in [-0.3, -0.25) is 4.79 Å². The largest absolute Gasteiger partial charge is 0.480 e. The van der Waals surface area contributed by atoms with E-state index in [1.54, 1.807) is 4.90 Å². The van der Waals surface area contributed by atoms with Crippen LogP contribution in [0.2, 0.25) is 0 Å². The molecule has 106 valence electrons. The van der Waals surface area contributed by atoms with E-state index in [4.69, 9.17) is 5.11 Å². The first-order valence-corrected chi connectivity index (χ1v) is 7.38. The molecule has 7 nitrogen and oxygen atoms in total. The minimum Gasteiger partial charge on any atom is -0.480 e. The van der Waals surface area contributed by atoms with Crippen molar-refractivity contribution in [2.24, 2.45) is 0 Å². The molecule has 19 heavy (non-hydrogen) atoms. The second kappa shape index (κ2) is 6.14. The van der Waals surface area contributed by atoms with Gasteiger partial charge in [-0.05, 0) is 12.8 Å². The van der Waals surface area contributed by atoms with Crippen molar-refractivity contribution in [2.75, 3.05) is 31.3 Å². The molecule has 0 bridgehead atoms. The highest BCUT2D eigenvalue weighted by Gasteiger charge is 2.34. The van der Waals surface area contributed by atoms with Crippen LogP contribution >= 0.6 is 11.8 Å². The number of rotatable bonds is 3. The third kappa shape index (κ3) is 3.31. The van der Waals surface area contributed by atoms with Crippen molar-refractivity contribution < 1.29 is 19.5 Å². The first-order valence-electron chi connectivity index (χ1n) is 6.22. The molecule has 2 heterocycles. The molecule has 0 aromatic heterocycles. The smallest absolute Gasteiger partial charge is 0.327 e. The van der Waals surface area contributed by atoms with Crippen molar-refractivity contribution in [3.63, 3.8) is 0 Å². The summed E-state index contributed by atoms with van der Waals surface area (Å²) in [6.45, 7) is 1.42. The lowest BCUT2D eigenvalue weighted by atomic mass is 10.3. The molecule has 2 saturated heterocycles. The molecule has 3 amide bonds. The van der Waals surface area contributed by atoms with Gasteiger partial charge in [0.2, 0.25) is 5.91 Å². The Kier molecular flexibility index (Phi) is 4.52. The molecule has 2 fully saturated rings. The highest BCUT2D eigenvalue weighted by molar-refractivity contribution is 7.99. The number of nitrogens with zero attached hydrogens (tertiary/aromatic N) is 2. The van der Waals surface area contributed by atoms with Crippen LogP contribution in [0.3, 0.4) is 0 Å². The fourth-order valence-corrected chi connectivity index (χ4v) is 3.32. The summed E-state index contributed by atoms with van der Waals surface area (Å²) in [5.74, 6) is -0.376. The van der Waals surface area contributed by atoms with Crippen LogP contribution in [0.4, 0.5) is 4.79 Å². The van der Waals surface area contributed by atoms with Crippen LogP contribution in [-0.2, 0) is 9.59 Å². The summed E-state index contributed by atoms with van der Waals surface area (Å²) in [4.78, 5) is 37.5. The standard InChI is InChI=1S/C11H17N3O4S/c15-9(13-3-1-2-4-13)5-12-11(18)14-7-19-6-8(14)10(16)17/h8H,1-7H2,(H,12,18)(H,16,17). The van der Waals surface area contributed by atoms with Gasteiger partial charge in [-0.25, -0.2) is 9.59 Å². The van der Waals surface area contributed by atoms with E-state index in [0.29, 0.717) is 11.6 Å². The van der Waals surface area contributed by atoms with Gasteiger partial charge in [0.05, 0.1) is 12.4 Å². The number of carboxylic acid groups (broad SMARTS) is 1. The zero-order chi connectivity index (χ0) is 13.8. The predicted octanol–water partition coefficient (Wildman–Crippen LogP) is -0.222. The summed E-state index contributed by atoms with van der Waals surface area (Å²) in [5.41, 5.74) is 0. The van der Waals surface area contributed by atoms with Crippen LogP contribution in [0.15, 0.2) is 0 Å². The molecule has 0 saturated carbocycles. The maximum atomic E-state index is 11.8. The fourth-order valence-electron chi connectivity index (χ4n) is 2.18. The van der Waals surface area contributed by atoms with Gasteiger partial charge >= 0.3 is 12.0 Å². The van der Waals surface area contributed by atoms with E-state index in [0.717, 1.165) is 25.9 Å². The number of aliphatic carboxylic acids is 1. The Bertz CT molecular complexity index is 384. The number of carboxylic acids is 1. The lowest BCUT2D eigenvalue weighted by Gasteiger charge is -2.22. The molecule has 0 aromatic carbocycles. The maximum absolute atomic E-state index is 11.8. The van der Waals surface area contributed by atoms with Gasteiger partial charge in [0, 0.05) is 18.8 Å². The second-order valence-electron chi connectivity index (χ2n) is 4.57. The molecule has 2 N–H and O–H groups in total. The summed E-state index contributed by atoms with van der Waals surface area (Å²) in [7, 11) is 0. The quantitative estimate of drug-likeness (QED) is 0.749. The van der Waals surface area contributed by atoms with Gasteiger partial charge in [0.1, 0.15) is 6.04 Å². The van der Waals surface area contributed by atoms with Crippen molar-refractivity contribution in [1.29, 1.82) is 0 Å². The van der Waals surface area contributed by atoms with Gasteiger partial charge in [-0.1, -0.05) is 0 Å². The third-order valence-corrected chi connectivity index (χ3v) is 4.29. The number of likely N-dealkylation sites (tertiary alicyclic amines) is 1. The van der Waals surface area contributed by atoms with Crippen LogP contribution in [0, 0.1) is 0 Å². The Labute approximate surface area is 115 Å². The highest BCUT2D eigenvalue weighted by atomic mass is 32.2.